The van der Waals surface area contributed by atoms with E-state index in [1.165, 1.54) is 0 Å². The number of aliphatic carboxylic acids is 1. The van der Waals surface area contributed by atoms with Gasteiger partial charge in [-0.25, -0.2) is 4.79 Å². The summed E-state index contributed by atoms with van der Waals surface area (Å²) >= 11 is 0. The van der Waals surface area contributed by atoms with Crippen molar-refractivity contribution in [1.82, 2.24) is 16.0 Å². The van der Waals surface area contributed by atoms with Crippen LogP contribution in [0.2, 0.25) is 0 Å². The molecule has 0 spiro atoms. The summed E-state index contributed by atoms with van der Waals surface area (Å²) in [5.41, 5.74) is 10.2. The number of hydrogen-bond donors (Lipinski definition) is 6. The van der Waals surface area contributed by atoms with Crippen LogP contribution in [0.5, 0.6) is 0 Å². The molecule has 0 saturated heterocycles. The topological polar surface area (TPSA) is 194 Å². The van der Waals surface area contributed by atoms with Gasteiger partial charge < -0.3 is 32.5 Å². The largest absolute Gasteiger partial charge is 0.480 e. The lowest BCUT2D eigenvalue weighted by molar-refractivity contribution is -0.142. The molecule has 148 valence electrons. The summed E-state index contributed by atoms with van der Waals surface area (Å²) < 4.78 is 0. The summed E-state index contributed by atoms with van der Waals surface area (Å²) in [6.07, 6.45) is -0.0202. The minimum absolute atomic E-state index is 0.0999. The summed E-state index contributed by atoms with van der Waals surface area (Å²) in [6.45, 7) is 2.96. The molecule has 0 heterocycles. The minimum Gasteiger partial charge on any atom is -0.480 e. The molecule has 0 radical (unpaired) electrons. The van der Waals surface area contributed by atoms with Crippen molar-refractivity contribution in [2.45, 2.75) is 45.2 Å². The number of amides is 4. The Labute approximate surface area is 151 Å². The zero-order chi connectivity index (χ0) is 20.3. The first-order valence-corrected chi connectivity index (χ1v) is 8.14. The number of nitrogens with one attached hydrogen (secondary N) is 3. The van der Waals surface area contributed by atoms with Gasteiger partial charge in [-0.05, 0) is 18.8 Å². The van der Waals surface area contributed by atoms with Crippen LogP contribution in [-0.2, 0) is 24.0 Å². The summed E-state index contributed by atoms with van der Waals surface area (Å²) in [5, 5.41) is 16.0. The van der Waals surface area contributed by atoms with Crippen LogP contribution in [0.25, 0.3) is 0 Å². The first kappa shape index (κ1) is 23.3. The number of carbonyl (C=O) groups excluding carboxylic acids is 4. The van der Waals surface area contributed by atoms with Gasteiger partial charge in [-0.15, -0.1) is 0 Å². The first-order valence-electron chi connectivity index (χ1n) is 8.14. The molecule has 0 aromatic heterocycles. The first-order chi connectivity index (χ1) is 12.1. The van der Waals surface area contributed by atoms with Gasteiger partial charge in [0.2, 0.25) is 23.6 Å². The number of rotatable bonds is 12. The van der Waals surface area contributed by atoms with E-state index in [0.717, 1.165) is 0 Å². The van der Waals surface area contributed by atoms with Crippen LogP contribution in [-0.4, -0.2) is 59.9 Å². The number of carboxylic acids is 1. The number of carboxylic acid groups (broad SMARTS) is 1. The Kier molecular flexibility index (Phi) is 10.6. The number of hydrogen-bond acceptors (Lipinski definition) is 6. The van der Waals surface area contributed by atoms with E-state index in [2.05, 4.69) is 16.0 Å². The van der Waals surface area contributed by atoms with E-state index in [1.807, 2.05) is 13.8 Å². The van der Waals surface area contributed by atoms with Crippen LogP contribution in [0, 0.1) is 5.92 Å². The number of carbonyl (C=O) groups is 5. The van der Waals surface area contributed by atoms with Crippen molar-refractivity contribution < 1.29 is 29.1 Å². The van der Waals surface area contributed by atoms with Crippen LogP contribution >= 0.6 is 0 Å². The highest BCUT2D eigenvalue weighted by Gasteiger charge is 2.24. The van der Waals surface area contributed by atoms with E-state index >= 15 is 0 Å². The van der Waals surface area contributed by atoms with Crippen LogP contribution in [0.3, 0.4) is 0 Å². The van der Waals surface area contributed by atoms with Gasteiger partial charge >= 0.3 is 5.97 Å². The number of nitrogens with two attached hydrogens (primary N) is 2. The Hall–Kier alpha value is -2.69. The van der Waals surface area contributed by atoms with Gasteiger partial charge in [0.1, 0.15) is 12.1 Å². The molecule has 11 nitrogen and oxygen atoms in total. The third kappa shape index (κ3) is 10.2. The smallest absolute Gasteiger partial charge is 0.326 e. The SMILES string of the molecule is CC(C)CC(NC(=O)CN)C(=O)NCC(=O)NC(CCC(N)=O)C(=O)O. The molecule has 0 bridgehead atoms. The molecule has 0 rings (SSSR count). The zero-order valence-electron chi connectivity index (χ0n) is 14.9. The van der Waals surface area contributed by atoms with Crippen molar-refractivity contribution in [3.05, 3.63) is 0 Å². The fourth-order valence-corrected chi connectivity index (χ4v) is 2.04. The van der Waals surface area contributed by atoms with Crippen molar-refractivity contribution in [3.63, 3.8) is 0 Å². The maximum atomic E-state index is 12.1. The maximum absolute atomic E-state index is 12.1. The molecule has 11 heteroatoms. The molecule has 2 unspecified atom stereocenters. The summed E-state index contributed by atoms with van der Waals surface area (Å²) in [7, 11) is 0. The Balaban J connectivity index is 4.62. The molecule has 4 amide bonds. The summed E-state index contributed by atoms with van der Waals surface area (Å²) in [4.78, 5) is 57.1. The van der Waals surface area contributed by atoms with E-state index in [4.69, 9.17) is 16.6 Å². The molecule has 0 aliphatic carbocycles. The second-order valence-corrected chi connectivity index (χ2v) is 6.13. The van der Waals surface area contributed by atoms with Gasteiger partial charge in [0, 0.05) is 6.42 Å². The quantitative estimate of drug-likeness (QED) is 0.216. The summed E-state index contributed by atoms with van der Waals surface area (Å²) in [6, 6.07) is -2.15. The predicted molar refractivity (Wildman–Crippen MR) is 91.4 cm³/mol. The summed E-state index contributed by atoms with van der Waals surface area (Å²) in [5.74, 6) is -3.75. The van der Waals surface area contributed by atoms with Gasteiger partial charge in [-0.2, -0.15) is 0 Å². The average molecular weight is 373 g/mol. The van der Waals surface area contributed by atoms with Crippen LogP contribution in [0.15, 0.2) is 0 Å². The molecule has 0 saturated carbocycles. The van der Waals surface area contributed by atoms with E-state index in [-0.39, 0.29) is 25.3 Å². The van der Waals surface area contributed by atoms with Crippen molar-refractivity contribution in [3.8, 4) is 0 Å². The maximum Gasteiger partial charge on any atom is 0.326 e. The van der Waals surface area contributed by atoms with E-state index < -0.39 is 48.2 Å². The minimum atomic E-state index is -1.32. The predicted octanol–water partition coefficient (Wildman–Crippen LogP) is -2.57. The van der Waals surface area contributed by atoms with Crippen molar-refractivity contribution in [2.24, 2.45) is 17.4 Å². The van der Waals surface area contributed by atoms with Crippen molar-refractivity contribution in [1.29, 1.82) is 0 Å². The third-order valence-corrected chi connectivity index (χ3v) is 3.28. The molecule has 0 aromatic rings. The Morgan fingerprint density at radius 2 is 1.58 bits per heavy atom. The van der Waals surface area contributed by atoms with Crippen molar-refractivity contribution in [2.75, 3.05) is 13.1 Å². The zero-order valence-corrected chi connectivity index (χ0v) is 14.9. The lowest BCUT2D eigenvalue weighted by Crippen LogP contribution is -2.52. The molecule has 0 aliphatic rings. The highest BCUT2D eigenvalue weighted by atomic mass is 16.4. The number of primary amides is 1. The second kappa shape index (κ2) is 11.8. The van der Waals surface area contributed by atoms with Crippen LogP contribution in [0.4, 0.5) is 0 Å². The molecule has 26 heavy (non-hydrogen) atoms. The lowest BCUT2D eigenvalue weighted by Gasteiger charge is -2.20. The molecule has 0 aliphatic heterocycles. The van der Waals surface area contributed by atoms with Gasteiger partial charge in [0.15, 0.2) is 0 Å². The standard InChI is InChI=1S/C15H27N5O6/c1-8(2)5-10(20-12(22)6-16)14(24)18-7-13(23)19-9(15(25)26)3-4-11(17)21/h8-10H,3-7,16H2,1-2H3,(H2,17,21)(H,18,24)(H,19,23)(H,20,22)(H,25,26). The van der Waals surface area contributed by atoms with Gasteiger partial charge in [0.05, 0.1) is 13.1 Å². The van der Waals surface area contributed by atoms with Crippen LogP contribution in [0.1, 0.15) is 33.1 Å². The molecule has 8 N–H and O–H groups in total. The lowest BCUT2D eigenvalue weighted by atomic mass is 10.0. The monoisotopic (exact) mass is 373 g/mol. The van der Waals surface area contributed by atoms with E-state index in [1.54, 1.807) is 0 Å². The molecule has 2 atom stereocenters. The van der Waals surface area contributed by atoms with Gasteiger partial charge in [-0.3, -0.25) is 19.2 Å². The van der Waals surface area contributed by atoms with Gasteiger partial charge in [-0.1, -0.05) is 13.8 Å². The van der Waals surface area contributed by atoms with Crippen molar-refractivity contribution >= 4 is 29.6 Å². The Bertz CT molecular complexity index is 537. The molecule has 0 fully saturated rings. The fraction of sp³-hybridized carbons (Fsp3) is 0.667. The average Bonchev–Trinajstić information content (AvgIpc) is 2.54. The highest BCUT2D eigenvalue weighted by Crippen LogP contribution is 2.05. The second-order valence-electron chi connectivity index (χ2n) is 6.13. The van der Waals surface area contributed by atoms with Crippen LogP contribution < -0.4 is 27.4 Å². The Morgan fingerprint density at radius 3 is 2.04 bits per heavy atom. The molecular formula is C15H27N5O6. The van der Waals surface area contributed by atoms with E-state index in [0.29, 0.717) is 6.42 Å². The Morgan fingerprint density at radius 1 is 1.00 bits per heavy atom. The van der Waals surface area contributed by atoms with Gasteiger partial charge in [0.25, 0.3) is 0 Å². The fourth-order valence-electron chi connectivity index (χ4n) is 2.04. The molecular weight excluding hydrogens is 346 g/mol. The molecule has 0 aromatic carbocycles. The normalized spacial score (nSPS) is 12.8. The third-order valence-electron chi connectivity index (χ3n) is 3.28. The highest BCUT2D eigenvalue weighted by molar-refractivity contribution is 5.92. The van der Waals surface area contributed by atoms with E-state index in [9.17, 15) is 24.0 Å².